The van der Waals surface area contributed by atoms with Gasteiger partial charge in [-0.2, -0.15) is 0 Å². The van der Waals surface area contributed by atoms with E-state index in [1.54, 1.807) is 12.1 Å². The third-order valence-electron chi connectivity index (χ3n) is 2.38. The zero-order chi connectivity index (χ0) is 13.9. The smallest absolute Gasteiger partial charge is 0.238 e. The number of nitrogens with one attached hydrogen (secondary N) is 2. The molecule has 102 valence electrons. The molecular formula is C10H12N4O2S3. The lowest BCUT2D eigenvalue weighted by Gasteiger charge is -2.03. The van der Waals surface area contributed by atoms with Gasteiger partial charge >= 0.3 is 0 Å². The average molecular weight is 316 g/mol. The largest absolute Gasteiger partial charge is 0.360 e. The number of nitrogens with zero attached hydrogens (tertiary/aromatic N) is 1. The summed E-state index contributed by atoms with van der Waals surface area (Å²) in [5, 5.41) is 15.5. The second-order valence-corrected chi connectivity index (χ2v) is 7.01. The zero-order valence-electron chi connectivity index (χ0n) is 9.79. The fraction of sp³-hybridized carbons (Fsp3) is 0.200. The van der Waals surface area contributed by atoms with Crippen LogP contribution in [0.15, 0.2) is 29.2 Å². The Hall–Kier alpha value is -1.29. The number of aromatic amines is 1. The van der Waals surface area contributed by atoms with Gasteiger partial charge in [-0.25, -0.2) is 13.6 Å². The van der Waals surface area contributed by atoms with E-state index in [4.69, 9.17) is 17.4 Å². The topological polar surface area (TPSA) is 101 Å². The second-order valence-electron chi connectivity index (χ2n) is 3.78. The highest BCUT2D eigenvalue weighted by atomic mass is 32.2. The number of H-pyrrole nitrogens is 1. The molecule has 1 aromatic carbocycles. The van der Waals surface area contributed by atoms with Crippen LogP contribution in [-0.4, -0.2) is 25.2 Å². The summed E-state index contributed by atoms with van der Waals surface area (Å²) in [4.78, 5) is 0.120. The van der Waals surface area contributed by atoms with Crippen LogP contribution in [0.2, 0.25) is 0 Å². The molecule has 0 bridgehead atoms. The first-order valence-corrected chi connectivity index (χ1v) is 8.13. The molecule has 2 rings (SSSR count). The van der Waals surface area contributed by atoms with E-state index >= 15 is 0 Å². The maximum Gasteiger partial charge on any atom is 0.238 e. The third kappa shape index (κ3) is 4.10. The van der Waals surface area contributed by atoms with Gasteiger partial charge in [-0.1, -0.05) is 23.5 Å². The molecule has 0 aliphatic rings. The molecule has 0 saturated carbocycles. The van der Waals surface area contributed by atoms with Crippen LogP contribution in [0.5, 0.6) is 0 Å². The van der Waals surface area contributed by atoms with Gasteiger partial charge in [-0.05, 0) is 36.3 Å². The lowest BCUT2D eigenvalue weighted by molar-refractivity contribution is 0.598. The normalized spacial score (nSPS) is 11.4. The van der Waals surface area contributed by atoms with Crippen molar-refractivity contribution in [1.29, 1.82) is 0 Å². The van der Waals surface area contributed by atoms with E-state index < -0.39 is 10.0 Å². The molecule has 0 fully saturated rings. The maximum atomic E-state index is 11.1. The number of rotatable bonds is 5. The fourth-order valence-corrected chi connectivity index (χ4v) is 2.80. The van der Waals surface area contributed by atoms with Gasteiger partial charge in [0.05, 0.1) is 4.90 Å². The van der Waals surface area contributed by atoms with Crippen molar-refractivity contribution in [2.75, 3.05) is 11.9 Å². The number of nitrogens with two attached hydrogens (primary N) is 1. The summed E-state index contributed by atoms with van der Waals surface area (Å²) < 4.78 is 22.8. The fourth-order valence-electron chi connectivity index (χ4n) is 1.47. The highest BCUT2D eigenvalue weighted by Crippen LogP contribution is 2.12. The molecule has 0 amide bonds. The van der Waals surface area contributed by atoms with E-state index in [-0.39, 0.29) is 4.90 Å². The summed E-state index contributed by atoms with van der Waals surface area (Å²) >= 11 is 6.29. The van der Waals surface area contributed by atoms with E-state index in [9.17, 15) is 8.42 Å². The summed E-state index contributed by atoms with van der Waals surface area (Å²) in [6, 6.07) is 6.49. The Balaban J connectivity index is 1.92. The standard InChI is InChI=1S/C10H12N4O2S3/c11-19(15,16)8-3-1-7(2-4-8)5-6-12-9-13-14-10(17)18-9/h1-4H,5-6H2,(H,12,13)(H,14,17)(H2,11,15,16). The monoisotopic (exact) mass is 316 g/mol. The Labute approximate surface area is 119 Å². The quantitative estimate of drug-likeness (QED) is 0.726. The van der Waals surface area contributed by atoms with Gasteiger partial charge in [-0.15, -0.1) is 5.10 Å². The molecule has 0 atom stereocenters. The van der Waals surface area contributed by atoms with Gasteiger partial charge in [-0.3, -0.25) is 5.10 Å². The first-order chi connectivity index (χ1) is 8.95. The number of primary sulfonamides is 1. The maximum absolute atomic E-state index is 11.1. The van der Waals surface area contributed by atoms with Crippen LogP contribution in [0, 0.1) is 3.95 Å². The molecule has 1 heterocycles. The lowest BCUT2D eigenvalue weighted by atomic mass is 10.1. The minimum Gasteiger partial charge on any atom is -0.360 e. The first-order valence-electron chi connectivity index (χ1n) is 5.36. The Bertz CT molecular complexity index is 703. The molecule has 9 heteroatoms. The Morgan fingerprint density at radius 2 is 2.05 bits per heavy atom. The molecule has 0 spiro atoms. The Morgan fingerprint density at radius 3 is 2.58 bits per heavy atom. The van der Waals surface area contributed by atoms with Crippen molar-refractivity contribution in [3.8, 4) is 0 Å². The predicted octanol–water partition coefficient (Wildman–Crippen LogP) is 1.50. The van der Waals surface area contributed by atoms with Gasteiger partial charge in [0.15, 0.2) is 3.95 Å². The average Bonchev–Trinajstić information content (AvgIpc) is 2.75. The molecule has 0 aliphatic carbocycles. The van der Waals surface area contributed by atoms with Crippen LogP contribution in [0.1, 0.15) is 5.56 Å². The molecule has 0 unspecified atom stereocenters. The molecule has 0 aliphatic heterocycles. The third-order valence-corrected chi connectivity index (χ3v) is 4.36. The number of hydrogen-bond donors (Lipinski definition) is 3. The SMILES string of the molecule is NS(=O)(=O)c1ccc(CCNc2n[nH]c(=S)s2)cc1. The molecule has 6 nitrogen and oxygen atoms in total. The minimum absolute atomic E-state index is 0.120. The molecule has 0 saturated heterocycles. The van der Waals surface area contributed by atoms with E-state index in [1.165, 1.54) is 23.5 Å². The van der Waals surface area contributed by atoms with Crippen LogP contribution in [0.25, 0.3) is 0 Å². The summed E-state index contributed by atoms with van der Waals surface area (Å²) in [5.74, 6) is 0. The summed E-state index contributed by atoms with van der Waals surface area (Å²) in [5.41, 5.74) is 1.01. The molecule has 1 aromatic heterocycles. The molecule has 4 N–H and O–H groups in total. The van der Waals surface area contributed by atoms with Gasteiger partial charge in [0.1, 0.15) is 0 Å². The number of sulfonamides is 1. The zero-order valence-corrected chi connectivity index (χ0v) is 12.2. The second kappa shape index (κ2) is 5.78. The highest BCUT2D eigenvalue weighted by molar-refractivity contribution is 7.89. The van der Waals surface area contributed by atoms with Crippen molar-refractivity contribution in [2.24, 2.45) is 5.14 Å². The van der Waals surface area contributed by atoms with Crippen molar-refractivity contribution >= 4 is 38.7 Å². The number of anilines is 1. The van der Waals surface area contributed by atoms with Crippen molar-refractivity contribution in [3.63, 3.8) is 0 Å². The van der Waals surface area contributed by atoms with Crippen LogP contribution >= 0.6 is 23.6 Å². The number of benzene rings is 1. The van der Waals surface area contributed by atoms with E-state index in [0.29, 0.717) is 10.5 Å². The molecule has 19 heavy (non-hydrogen) atoms. The highest BCUT2D eigenvalue weighted by Gasteiger charge is 2.06. The van der Waals surface area contributed by atoms with Crippen LogP contribution in [0.3, 0.4) is 0 Å². The van der Waals surface area contributed by atoms with Gasteiger partial charge < -0.3 is 5.32 Å². The van der Waals surface area contributed by atoms with Crippen LogP contribution in [0.4, 0.5) is 5.13 Å². The Kier molecular flexibility index (Phi) is 4.30. The lowest BCUT2D eigenvalue weighted by Crippen LogP contribution is -2.12. The minimum atomic E-state index is -3.62. The van der Waals surface area contributed by atoms with Crippen molar-refractivity contribution in [3.05, 3.63) is 33.8 Å². The summed E-state index contributed by atoms with van der Waals surface area (Å²) in [7, 11) is -3.62. The van der Waals surface area contributed by atoms with Crippen LogP contribution in [-0.2, 0) is 16.4 Å². The van der Waals surface area contributed by atoms with Crippen molar-refractivity contribution in [2.45, 2.75) is 11.3 Å². The number of aromatic nitrogens is 2. The van der Waals surface area contributed by atoms with Crippen molar-refractivity contribution in [1.82, 2.24) is 10.2 Å². The van der Waals surface area contributed by atoms with E-state index in [2.05, 4.69) is 15.5 Å². The molecule has 0 radical (unpaired) electrons. The molecular weight excluding hydrogens is 304 g/mol. The molecule has 2 aromatic rings. The predicted molar refractivity (Wildman–Crippen MR) is 77.3 cm³/mol. The Morgan fingerprint density at radius 1 is 1.37 bits per heavy atom. The summed E-state index contributed by atoms with van der Waals surface area (Å²) in [6.07, 6.45) is 0.747. The van der Waals surface area contributed by atoms with Gasteiger partial charge in [0.2, 0.25) is 15.2 Å². The number of hydrogen-bond acceptors (Lipinski definition) is 6. The van der Waals surface area contributed by atoms with Gasteiger partial charge in [0, 0.05) is 6.54 Å². The summed E-state index contributed by atoms with van der Waals surface area (Å²) in [6.45, 7) is 0.685. The van der Waals surface area contributed by atoms with Crippen molar-refractivity contribution < 1.29 is 8.42 Å². The van der Waals surface area contributed by atoms with Gasteiger partial charge in [0.25, 0.3) is 0 Å². The van der Waals surface area contributed by atoms with Crippen LogP contribution < -0.4 is 10.5 Å². The van der Waals surface area contributed by atoms with E-state index in [1.807, 2.05) is 0 Å². The van der Waals surface area contributed by atoms with E-state index in [0.717, 1.165) is 17.1 Å². The first kappa shape index (κ1) is 14.1.